The Kier molecular flexibility index (Phi) is 4.50. The number of aromatic nitrogens is 3. The number of rotatable bonds is 4. The van der Waals surface area contributed by atoms with Crippen molar-refractivity contribution in [3.8, 4) is 0 Å². The Labute approximate surface area is 122 Å². The number of hydrogen-bond acceptors (Lipinski definition) is 4. The van der Waals surface area contributed by atoms with E-state index in [1.54, 1.807) is 12.4 Å². The molecule has 2 rings (SSSR count). The van der Waals surface area contributed by atoms with E-state index in [9.17, 15) is 0 Å². The first-order chi connectivity index (χ1) is 8.67. The van der Waals surface area contributed by atoms with Crippen LogP contribution in [0.2, 0.25) is 0 Å². The molecular weight excluding hydrogens is 362 g/mol. The minimum Gasteiger partial charge on any atom is -0.270 e. The van der Waals surface area contributed by atoms with Gasteiger partial charge in [-0.2, -0.15) is 5.10 Å². The van der Waals surface area contributed by atoms with E-state index in [-0.39, 0.29) is 6.04 Å². The Morgan fingerprint density at radius 1 is 1.50 bits per heavy atom. The summed E-state index contributed by atoms with van der Waals surface area (Å²) in [4.78, 5) is 4.40. The van der Waals surface area contributed by atoms with Gasteiger partial charge in [-0.05, 0) is 50.9 Å². The second-order valence-electron chi connectivity index (χ2n) is 3.69. The molecule has 96 valence electrons. The van der Waals surface area contributed by atoms with Gasteiger partial charge in [0.25, 0.3) is 0 Å². The third kappa shape index (κ3) is 2.64. The smallest absolute Gasteiger partial charge is 0.106 e. The molecule has 0 bridgehead atoms. The zero-order valence-corrected chi connectivity index (χ0v) is 12.9. The first-order valence-electron chi connectivity index (χ1n) is 5.46. The molecule has 0 spiro atoms. The van der Waals surface area contributed by atoms with Crippen LogP contribution in [0.3, 0.4) is 0 Å². The lowest BCUT2D eigenvalue weighted by atomic mass is 10.1. The predicted molar refractivity (Wildman–Crippen MR) is 76.7 cm³/mol. The third-order valence-electron chi connectivity index (χ3n) is 2.62. The van der Waals surface area contributed by atoms with Crippen molar-refractivity contribution in [1.82, 2.24) is 20.2 Å². The number of nitrogens with zero attached hydrogens (tertiary/aromatic N) is 3. The molecule has 0 aliphatic rings. The van der Waals surface area contributed by atoms with Crippen molar-refractivity contribution in [2.24, 2.45) is 5.84 Å². The van der Waals surface area contributed by atoms with E-state index < -0.39 is 0 Å². The van der Waals surface area contributed by atoms with Gasteiger partial charge in [-0.25, -0.2) is 5.43 Å². The molecule has 0 aromatic carbocycles. The van der Waals surface area contributed by atoms with Crippen molar-refractivity contribution in [2.45, 2.75) is 19.5 Å². The summed E-state index contributed by atoms with van der Waals surface area (Å²) in [6.07, 6.45) is 3.51. The molecule has 0 aliphatic carbocycles. The van der Waals surface area contributed by atoms with E-state index >= 15 is 0 Å². The van der Waals surface area contributed by atoms with Gasteiger partial charge >= 0.3 is 0 Å². The van der Waals surface area contributed by atoms with Gasteiger partial charge in [0.15, 0.2) is 0 Å². The van der Waals surface area contributed by atoms with Crippen molar-refractivity contribution >= 4 is 31.9 Å². The van der Waals surface area contributed by atoms with Crippen molar-refractivity contribution in [1.29, 1.82) is 0 Å². The zero-order chi connectivity index (χ0) is 13.1. The standard InChI is InChI=1S/C11H13Br2N5/c1-2-18-9(3-4-16-18)11(17-14)10-8(13)5-7(12)6-15-10/h3-6,11,17H,2,14H2,1H3. The average molecular weight is 375 g/mol. The van der Waals surface area contributed by atoms with Crippen LogP contribution >= 0.6 is 31.9 Å². The summed E-state index contributed by atoms with van der Waals surface area (Å²) in [5.74, 6) is 5.66. The lowest BCUT2D eigenvalue weighted by molar-refractivity contribution is 0.534. The van der Waals surface area contributed by atoms with E-state index in [1.807, 2.05) is 23.7 Å². The SMILES string of the molecule is CCn1nccc1C(NN)c1ncc(Br)cc1Br. The highest BCUT2D eigenvalue weighted by molar-refractivity contribution is 9.11. The first kappa shape index (κ1) is 13.7. The summed E-state index contributed by atoms with van der Waals surface area (Å²) < 4.78 is 3.70. The summed E-state index contributed by atoms with van der Waals surface area (Å²) >= 11 is 6.89. The normalized spacial score (nSPS) is 12.7. The maximum Gasteiger partial charge on any atom is 0.106 e. The second kappa shape index (κ2) is 5.92. The quantitative estimate of drug-likeness (QED) is 0.636. The molecule has 0 amide bonds. The zero-order valence-electron chi connectivity index (χ0n) is 9.77. The molecule has 7 heteroatoms. The first-order valence-corrected chi connectivity index (χ1v) is 7.04. The van der Waals surface area contributed by atoms with Crippen LogP contribution in [0.25, 0.3) is 0 Å². The van der Waals surface area contributed by atoms with Gasteiger partial charge in [0.1, 0.15) is 6.04 Å². The van der Waals surface area contributed by atoms with E-state index in [2.05, 4.69) is 47.4 Å². The van der Waals surface area contributed by atoms with Crippen LogP contribution < -0.4 is 11.3 Å². The molecule has 3 N–H and O–H groups in total. The van der Waals surface area contributed by atoms with Gasteiger partial charge in [-0.3, -0.25) is 15.5 Å². The number of aryl methyl sites for hydroxylation is 1. The molecule has 0 fully saturated rings. The van der Waals surface area contributed by atoms with Gasteiger partial charge in [-0.15, -0.1) is 0 Å². The molecule has 2 aromatic rings. The molecule has 2 heterocycles. The minimum atomic E-state index is -0.199. The molecule has 0 saturated heterocycles. The van der Waals surface area contributed by atoms with Crippen LogP contribution in [0.4, 0.5) is 0 Å². The minimum absolute atomic E-state index is 0.199. The van der Waals surface area contributed by atoms with Crippen molar-refractivity contribution < 1.29 is 0 Å². The van der Waals surface area contributed by atoms with Gasteiger partial charge in [0.2, 0.25) is 0 Å². The number of hydrazine groups is 1. The van der Waals surface area contributed by atoms with E-state index in [1.165, 1.54) is 0 Å². The van der Waals surface area contributed by atoms with E-state index in [0.717, 1.165) is 26.9 Å². The Balaban J connectivity index is 2.45. The summed E-state index contributed by atoms with van der Waals surface area (Å²) in [6, 6.07) is 3.68. The summed E-state index contributed by atoms with van der Waals surface area (Å²) in [6.45, 7) is 2.82. The molecule has 5 nitrogen and oxygen atoms in total. The van der Waals surface area contributed by atoms with Gasteiger partial charge in [0, 0.05) is 27.9 Å². The summed E-state index contributed by atoms with van der Waals surface area (Å²) in [5.41, 5.74) is 4.60. The molecule has 0 aliphatic heterocycles. The highest BCUT2D eigenvalue weighted by Gasteiger charge is 2.20. The molecule has 1 atom stereocenters. The van der Waals surface area contributed by atoms with Crippen molar-refractivity contribution in [3.05, 3.63) is 44.9 Å². The number of nitrogens with one attached hydrogen (secondary N) is 1. The Hall–Kier alpha value is -0.760. The number of hydrogen-bond donors (Lipinski definition) is 2. The average Bonchev–Trinajstić information content (AvgIpc) is 2.81. The second-order valence-corrected chi connectivity index (χ2v) is 5.46. The van der Waals surface area contributed by atoms with Crippen LogP contribution in [0.5, 0.6) is 0 Å². The molecule has 0 radical (unpaired) electrons. The largest absolute Gasteiger partial charge is 0.270 e. The Bertz CT molecular complexity index is 540. The van der Waals surface area contributed by atoms with Crippen LogP contribution in [0.15, 0.2) is 33.5 Å². The number of pyridine rings is 1. The number of halogens is 2. The maximum absolute atomic E-state index is 5.66. The van der Waals surface area contributed by atoms with Gasteiger partial charge in [0.05, 0.1) is 11.4 Å². The van der Waals surface area contributed by atoms with Crippen LogP contribution in [-0.2, 0) is 6.54 Å². The highest BCUT2D eigenvalue weighted by Crippen LogP contribution is 2.28. The highest BCUT2D eigenvalue weighted by atomic mass is 79.9. The maximum atomic E-state index is 5.66. The predicted octanol–water partition coefficient (Wildman–Crippen LogP) is 2.38. The van der Waals surface area contributed by atoms with Crippen molar-refractivity contribution in [3.63, 3.8) is 0 Å². The molecular formula is C11H13Br2N5. The fraction of sp³-hybridized carbons (Fsp3) is 0.273. The van der Waals surface area contributed by atoms with Gasteiger partial charge in [-0.1, -0.05) is 0 Å². The van der Waals surface area contributed by atoms with Gasteiger partial charge < -0.3 is 0 Å². The van der Waals surface area contributed by atoms with Crippen LogP contribution in [-0.4, -0.2) is 14.8 Å². The summed E-state index contributed by atoms with van der Waals surface area (Å²) in [5, 5.41) is 4.25. The lowest BCUT2D eigenvalue weighted by Gasteiger charge is -2.18. The van der Waals surface area contributed by atoms with E-state index in [0.29, 0.717) is 0 Å². The monoisotopic (exact) mass is 373 g/mol. The number of nitrogens with two attached hydrogens (primary N) is 1. The third-order valence-corrected chi connectivity index (χ3v) is 3.69. The van der Waals surface area contributed by atoms with Crippen molar-refractivity contribution in [2.75, 3.05) is 0 Å². The fourth-order valence-electron chi connectivity index (χ4n) is 1.79. The molecule has 1 unspecified atom stereocenters. The van der Waals surface area contributed by atoms with Crippen LogP contribution in [0, 0.1) is 0 Å². The van der Waals surface area contributed by atoms with E-state index in [4.69, 9.17) is 5.84 Å². The van der Waals surface area contributed by atoms with Crippen LogP contribution in [0.1, 0.15) is 24.4 Å². The lowest BCUT2D eigenvalue weighted by Crippen LogP contribution is -2.31. The fourth-order valence-corrected chi connectivity index (χ4v) is 3.01. The molecule has 18 heavy (non-hydrogen) atoms. The Morgan fingerprint density at radius 3 is 2.89 bits per heavy atom. The molecule has 2 aromatic heterocycles. The Morgan fingerprint density at radius 2 is 2.28 bits per heavy atom. The molecule has 0 saturated carbocycles. The topological polar surface area (TPSA) is 68.8 Å². The summed E-state index contributed by atoms with van der Waals surface area (Å²) in [7, 11) is 0.